The monoisotopic (exact) mass is 343 g/mol. The molecule has 25 heavy (non-hydrogen) atoms. The average Bonchev–Trinajstić information content (AvgIpc) is 2.59. The molecule has 1 saturated heterocycles. The number of nitrogens with zero attached hydrogens (tertiary/aromatic N) is 4. The summed E-state index contributed by atoms with van der Waals surface area (Å²) in [6.45, 7) is 3.89. The Morgan fingerprint density at radius 3 is 2.44 bits per heavy atom. The van der Waals surface area contributed by atoms with Gasteiger partial charge >= 0.3 is 0 Å². The van der Waals surface area contributed by atoms with Crippen molar-refractivity contribution in [3.05, 3.63) is 52.7 Å². The molecule has 0 aliphatic carbocycles. The van der Waals surface area contributed by atoms with Crippen LogP contribution < -0.4 is 10.2 Å². The molecule has 1 aromatic heterocycles. The summed E-state index contributed by atoms with van der Waals surface area (Å²) in [5.74, 6) is -0.572. The molecule has 0 spiro atoms. The quantitative estimate of drug-likeness (QED) is 0.925. The van der Waals surface area contributed by atoms with Crippen LogP contribution in [0.1, 0.15) is 29.7 Å². The molecule has 2 heterocycles. The number of piperidine rings is 1. The van der Waals surface area contributed by atoms with E-state index in [1.807, 2.05) is 17.0 Å². The van der Waals surface area contributed by atoms with Gasteiger partial charge in [-0.25, -0.2) is 8.78 Å². The first-order valence-electron chi connectivity index (χ1n) is 8.23. The largest absolute Gasteiger partial charge is 0.348 e. The number of anilines is 1. The molecular formula is C18H19F2N5. The highest BCUT2D eigenvalue weighted by molar-refractivity contribution is 5.45. The number of nitrogens with one attached hydrogen (secondary N) is 1. The Morgan fingerprint density at radius 1 is 1.16 bits per heavy atom. The lowest BCUT2D eigenvalue weighted by Crippen LogP contribution is -2.43. The van der Waals surface area contributed by atoms with Gasteiger partial charge in [-0.05, 0) is 62.2 Å². The molecule has 0 amide bonds. The van der Waals surface area contributed by atoms with Gasteiger partial charge in [0, 0.05) is 18.7 Å². The zero-order chi connectivity index (χ0) is 17.8. The van der Waals surface area contributed by atoms with Crippen molar-refractivity contribution in [3.63, 3.8) is 0 Å². The number of halogens is 2. The molecule has 1 N–H and O–H groups in total. The van der Waals surface area contributed by atoms with Crippen molar-refractivity contribution in [2.75, 3.05) is 18.0 Å². The standard InChI is InChI=1S/C18H19F2N5/c1-12-6-18(24-23-17(12)10-21)25(16-2-4-22-5-3-16)11-13-7-14(19)9-15(20)8-13/h6-9,16,22H,2-5,11H2,1H3. The second kappa shape index (κ2) is 7.53. The van der Waals surface area contributed by atoms with Crippen molar-refractivity contribution < 1.29 is 8.78 Å². The highest BCUT2D eigenvalue weighted by atomic mass is 19.1. The number of aryl methyl sites for hydroxylation is 1. The minimum atomic E-state index is -0.595. The Kier molecular flexibility index (Phi) is 5.19. The highest BCUT2D eigenvalue weighted by Crippen LogP contribution is 2.24. The van der Waals surface area contributed by atoms with Crippen molar-refractivity contribution in [2.24, 2.45) is 0 Å². The molecule has 0 radical (unpaired) electrons. The highest BCUT2D eigenvalue weighted by Gasteiger charge is 2.23. The van der Waals surface area contributed by atoms with E-state index in [0.717, 1.165) is 37.6 Å². The SMILES string of the molecule is Cc1cc(N(Cc2cc(F)cc(F)c2)C2CCNCC2)nnc1C#N. The molecule has 1 aliphatic rings. The number of benzene rings is 1. The first-order chi connectivity index (χ1) is 12.1. The zero-order valence-electron chi connectivity index (χ0n) is 14.0. The van der Waals surface area contributed by atoms with Crippen molar-refractivity contribution in [3.8, 4) is 6.07 Å². The Balaban J connectivity index is 1.94. The Hall–Kier alpha value is -2.59. The van der Waals surface area contributed by atoms with Gasteiger partial charge in [-0.2, -0.15) is 5.26 Å². The molecular weight excluding hydrogens is 324 g/mol. The third-order valence-electron chi connectivity index (χ3n) is 4.40. The maximum Gasteiger partial charge on any atom is 0.166 e. The molecule has 130 valence electrons. The molecule has 5 nitrogen and oxygen atoms in total. The molecule has 1 fully saturated rings. The van der Waals surface area contributed by atoms with Gasteiger partial charge in [0.05, 0.1) is 0 Å². The second-order valence-corrected chi connectivity index (χ2v) is 6.23. The summed E-state index contributed by atoms with van der Waals surface area (Å²) in [7, 11) is 0. The molecule has 0 unspecified atom stereocenters. The number of rotatable bonds is 4. The minimum Gasteiger partial charge on any atom is -0.348 e. The fourth-order valence-electron chi connectivity index (χ4n) is 3.14. The van der Waals surface area contributed by atoms with Gasteiger partial charge < -0.3 is 10.2 Å². The first kappa shape index (κ1) is 17.2. The lowest BCUT2D eigenvalue weighted by molar-refractivity contribution is 0.424. The van der Waals surface area contributed by atoms with E-state index in [1.165, 1.54) is 12.1 Å². The van der Waals surface area contributed by atoms with Crippen LogP contribution in [0.5, 0.6) is 0 Å². The van der Waals surface area contributed by atoms with Crippen LogP contribution in [0, 0.1) is 29.9 Å². The van der Waals surface area contributed by atoms with Crippen LogP contribution in [0.3, 0.4) is 0 Å². The van der Waals surface area contributed by atoms with E-state index in [0.29, 0.717) is 17.9 Å². The van der Waals surface area contributed by atoms with E-state index in [4.69, 9.17) is 5.26 Å². The molecule has 0 saturated carbocycles. The second-order valence-electron chi connectivity index (χ2n) is 6.23. The summed E-state index contributed by atoms with van der Waals surface area (Å²) >= 11 is 0. The van der Waals surface area contributed by atoms with Crippen molar-refractivity contribution >= 4 is 5.82 Å². The minimum absolute atomic E-state index is 0.189. The topological polar surface area (TPSA) is 64.8 Å². The maximum atomic E-state index is 13.6. The van der Waals surface area contributed by atoms with Crippen LogP contribution in [0.25, 0.3) is 0 Å². The summed E-state index contributed by atoms with van der Waals surface area (Å²) in [5.41, 5.74) is 1.56. The van der Waals surface area contributed by atoms with Gasteiger partial charge in [-0.15, -0.1) is 10.2 Å². The lowest BCUT2D eigenvalue weighted by atomic mass is 10.0. The Bertz CT molecular complexity index is 776. The van der Waals surface area contributed by atoms with E-state index in [2.05, 4.69) is 15.5 Å². The van der Waals surface area contributed by atoms with E-state index in [9.17, 15) is 8.78 Å². The summed E-state index contributed by atoms with van der Waals surface area (Å²) in [6, 6.07) is 7.54. The smallest absolute Gasteiger partial charge is 0.166 e. The van der Waals surface area contributed by atoms with Gasteiger partial charge in [0.15, 0.2) is 11.5 Å². The zero-order valence-corrected chi connectivity index (χ0v) is 14.0. The third-order valence-corrected chi connectivity index (χ3v) is 4.40. The lowest BCUT2D eigenvalue weighted by Gasteiger charge is -2.35. The van der Waals surface area contributed by atoms with Crippen molar-refractivity contribution in [2.45, 2.75) is 32.4 Å². The molecule has 1 aromatic carbocycles. The first-order valence-corrected chi connectivity index (χ1v) is 8.23. The predicted molar refractivity (Wildman–Crippen MR) is 89.9 cm³/mol. The van der Waals surface area contributed by atoms with Gasteiger partial charge in [0.1, 0.15) is 17.7 Å². The molecule has 1 aliphatic heterocycles. The van der Waals surface area contributed by atoms with Crippen molar-refractivity contribution in [1.82, 2.24) is 15.5 Å². The average molecular weight is 343 g/mol. The van der Waals surface area contributed by atoms with E-state index >= 15 is 0 Å². The van der Waals surface area contributed by atoms with Gasteiger partial charge in [0.2, 0.25) is 0 Å². The number of aromatic nitrogens is 2. The summed E-state index contributed by atoms with van der Waals surface area (Å²) in [4.78, 5) is 2.02. The molecule has 0 bridgehead atoms. The van der Waals surface area contributed by atoms with E-state index in [-0.39, 0.29) is 11.7 Å². The molecule has 3 rings (SSSR count). The Morgan fingerprint density at radius 2 is 1.84 bits per heavy atom. The molecule has 0 atom stereocenters. The van der Waals surface area contributed by atoms with Gasteiger partial charge in [-0.1, -0.05) is 0 Å². The fraction of sp³-hybridized carbons (Fsp3) is 0.389. The summed E-state index contributed by atoms with van der Waals surface area (Å²) in [5, 5.41) is 20.5. The molecule has 7 heteroatoms. The van der Waals surface area contributed by atoms with Crippen LogP contribution in [0.15, 0.2) is 24.3 Å². The van der Waals surface area contributed by atoms with Crippen LogP contribution in [0.2, 0.25) is 0 Å². The Labute approximate surface area is 145 Å². The van der Waals surface area contributed by atoms with Crippen LogP contribution in [0.4, 0.5) is 14.6 Å². The third kappa shape index (κ3) is 4.09. The summed E-state index contributed by atoms with van der Waals surface area (Å²) in [6.07, 6.45) is 1.80. The maximum absolute atomic E-state index is 13.6. The number of hydrogen-bond acceptors (Lipinski definition) is 5. The normalized spacial score (nSPS) is 15.0. The van der Waals surface area contributed by atoms with Gasteiger partial charge in [0.25, 0.3) is 0 Å². The fourth-order valence-corrected chi connectivity index (χ4v) is 3.14. The molecule has 2 aromatic rings. The van der Waals surface area contributed by atoms with E-state index in [1.54, 1.807) is 6.92 Å². The van der Waals surface area contributed by atoms with Gasteiger partial charge in [-0.3, -0.25) is 0 Å². The van der Waals surface area contributed by atoms with E-state index < -0.39 is 11.6 Å². The predicted octanol–water partition coefficient (Wildman–Crippen LogP) is 2.69. The van der Waals surface area contributed by atoms with Crippen LogP contribution in [-0.2, 0) is 6.54 Å². The van der Waals surface area contributed by atoms with Crippen LogP contribution in [-0.4, -0.2) is 29.3 Å². The van der Waals surface area contributed by atoms with Crippen LogP contribution >= 0.6 is 0 Å². The van der Waals surface area contributed by atoms with Crippen molar-refractivity contribution in [1.29, 1.82) is 5.26 Å². The number of hydrogen-bond donors (Lipinski definition) is 1. The summed E-state index contributed by atoms with van der Waals surface area (Å²) < 4.78 is 27.1. The number of nitriles is 1.